The van der Waals surface area contributed by atoms with E-state index in [0.717, 1.165) is 5.71 Å². The van der Waals surface area contributed by atoms with Crippen molar-refractivity contribution in [2.24, 2.45) is 5.10 Å². The lowest BCUT2D eigenvalue weighted by Crippen LogP contribution is -2.07. The fourth-order valence-electron chi connectivity index (χ4n) is 0.959. The maximum atomic E-state index is 11.2. The largest absolute Gasteiger partial charge is 0.466 e. The maximum absolute atomic E-state index is 11.2. The number of nitrogens with zero attached hydrogens (tertiary/aromatic N) is 2. The van der Waals surface area contributed by atoms with E-state index < -0.39 is 0 Å². The number of ether oxygens (including phenoxy) is 1. The molecule has 0 radical (unpaired) electrons. The van der Waals surface area contributed by atoms with Gasteiger partial charge in [-0.25, -0.2) is 4.98 Å². The standard InChI is InChI=1S/C10H15N3O2S/c1-4-15-9(14)5-8-6-16-10(11-8)13-12-7(2)3/h6H,4-5H2,1-3H3,(H,11,13). The van der Waals surface area contributed by atoms with Crippen LogP contribution >= 0.6 is 11.3 Å². The Morgan fingerprint density at radius 3 is 3.00 bits per heavy atom. The Bertz CT molecular complexity index is 383. The van der Waals surface area contributed by atoms with Gasteiger partial charge < -0.3 is 4.74 Å². The van der Waals surface area contributed by atoms with E-state index >= 15 is 0 Å². The van der Waals surface area contributed by atoms with Crippen LogP contribution in [-0.4, -0.2) is 23.3 Å². The van der Waals surface area contributed by atoms with Gasteiger partial charge >= 0.3 is 5.97 Å². The van der Waals surface area contributed by atoms with Crippen LogP contribution in [0.3, 0.4) is 0 Å². The molecule has 16 heavy (non-hydrogen) atoms. The lowest BCUT2D eigenvalue weighted by atomic mass is 10.3. The zero-order chi connectivity index (χ0) is 12.0. The summed E-state index contributed by atoms with van der Waals surface area (Å²) < 4.78 is 4.83. The molecule has 0 spiro atoms. The smallest absolute Gasteiger partial charge is 0.311 e. The van der Waals surface area contributed by atoms with Gasteiger partial charge in [0.15, 0.2) is 0 Å². The van der Waals surface area contributed by atoms with Crippen LogP contribution in [0.5, 0.6) is 0 Å². The highest BCUT2D eigenvalue weighted by Crippen LogP contribution is 2.15. The first kappa shape index (κ1) is 12.6. The molecule has 0 amide bonds. The van der Waals surface area contributed by atoms with Gasteiger partial charge in [-0.3, -0.25) is 10.2 Å². The molecule has 0 aliphatic rings. The van der Waals surface area contributed by atoms with Crippen LogP contribution in [0.1, 0.15) is 26.5 Å². The molecule has 0 saturated carbocycles. The van der Waals surface area contributed by atoms with Crippen LogP contribution in [0.2, 0.25) is 0 Å². The highest BCUT2D eigenvalue weighted by molar-refractivity contribution is 7.13. The molecule has 88 valence electrons. The number of carbonyl (C=O) groups excluding carboxylic acids is 1. The summed E-state index contributed by atoms with van der Waals surface area (Å²) in [6, 6.07) is 0. The third-order valence-corrected chi connectivity index (χ3v) is 2.35. The van der Waals surface area contributed by atoms with E-state index in [1.807, 2.05) is 19.2 Å². The van der Waals surface area contributed by atoms with Gasteiger partial charge in [0.25, 0.3) is 0 Å². The summed E-state index contributed by atoms with van der Waals surface area (Å²) in [6.45, 7) is 5.96. The van der Waals surface area contributed by atoms with Gasteiger partial charge in [-0.05, 0) is 20.8 Å². The summed E-state index contributed by atoms with van der Waals surface area (Å²) in [5, 5.41) is 6.52. The van der Waals surface area contributed by atoms with Crippen molar-refractivity contribution >= 4 is 28.1 Å². The van der Waals surface area contributed by atoms with Crippen LogP contribution in [-0.2, 0) is 16.0 Å². The lowest BCUT2D eigenvalue weighted by molar-refractivity contribution is -0.142. The minimum atomic E-state index is -0.255. The quantitative estimate of drug-likeness (QED) is 0.487. The van der Waals surface area contributed by atoms with E-state index in [1.54, 1.807) is 6.92 Å². The summed E-state index contributed by atoms with van der Waals surface area (Å²) in [4.78, 5) is 15.4. The summed E-state index contributed by atoms with van der Waals surface area (Å²) in [7, 11) is 0. The minimum Gasteiger partial charge on any atom is -0.466 e. The number of carbonyl (C=O) groups is 1. The van der Waals surface area contributed by atoms with Crippen molar-refractivity contribution < 1.29 is 9.53 Å². The summed E-state index contributed by atoms with van der Waals surface area (Å²) in [5.41, 5.74) is 4.44. The SMILES string of the molecule is CCOC(=O)Cc1csc(NN=C(C)C)n1. The highest BCUT2D eigenvalue weighted by Gasteiger charge is 2.07. The molecule has 0 aliphatic heterocycles. The van der Waals surface area contributed by atoms with Crippen molar-refractivity contribution in [3.63, 3.8) is 0 Å². The Hall–Kier alpha value is -1.43. The molecule has 1 N–H and O–H groups in total. The van der Waals surface area contributed by atoms with Crippen molar-refractivity contribution in [2.75, 3.05) is 12.0 Å². The molecule has 0 saturated heterocycles. The molecule has 0 unspecified atom stereocenters. The maximum Gasteiger partial charge on any atom is 0.311 e. The Labute approximate surface area is 98.5 Å². The van der Waals surface area contributed by atoms with Crippen LogP contribution in [0, 0.1) is 0 Å². The predicted molar refractivity (Wildman–Crippen MR) is 64.9 cm³/mol. The molecule has 6 heteroatoms. The third kappa shape index (κ3) is 4.39. The predicted octanol–water partition coefficient (Wildman–Crippen LogP) is 2.06. The molecule has 0 aromatic carbocycles. The number of nitrogens with one attached hydrogen (secondary N) is 1. The third-order valence-electron chi connectivity index (χ3n) is 1.56. The highest BCUT2D eigenvalue weighted by atomic mass is 32.1. The Balaban J connectivity index is 2.51. The normalized spacial score (nSPS) is 9.69. The first-order chi connectivity index (χ1) is 7.61. The van der Waals surface area contributed by atoms with Crippen molar-refractivity contribution in [3.05, 3.63) is 11.1 Å². The number of aromatic nitrogens is 1. The van der Waals surface area contributed by atoms with Crippen LogP contribution in [0.15, 0.2) is 10.5 Å². The number of hydrogen-bond acceptors (Lipinski definition) is 6. The monoisotopic (exact) mass is 241 g/mol. The van der Waals surface area contributed by atoms with Crippen molar-refractivity contribution in [2.45, 2.75) is 27.2 Å². The van der Waals surface area contributed by atoms with E-state index in [4.69, 9.17) is 4.74 Å². The average Bonchev–Trinajstić information content (AvgIpc) is 2.63. The summed E-state index contributed by atoms with van der Waals surface area (Å²) in [5.74, 6) is -0.255. The van der Waals surface area contributed by atoms with Gasteiger partial charge in [0.05, 0.1) is 18.7 Å². The number of thiazole rings is 1. The topological polar surface area (TPSA) is 63.6 Å². The van der Waals surface area contributed by atoms with E-state index in [1.165, 1.54) is 11.3 Å². The van der Waals surface area contributed by atoms with Gasteiger partial charge in [-0.2, -0.15) is 5.10 Å². The number of esters is 1. The van der Waals surface area contributed by atoms with Crippen molar-refractivity contribution in [3.8, 4) is 0 Å². The first-order valence-electron chi connectivity index (χ1n) is 4.98. The molecule has 5 nitrogen and oxygen atoms in total. The Morgan fingerprint density at radius 2 is 2.38 bits per heavy atom. The van der Waals surface area contributed by atoms with Crippen LogP contribution in [0.25, 0.3) is 0 Å². The van der Waals surface area contributed by atoms with Gasteiger partial charge in [-0.15, -0.1) is 11.3 Å². The number of rotatable bonds is 5. The van der Waals surface area contributed by atoms with Gasteiger partial charge in [0.1, 0.15) is 0 Å². The molecule has 0 bridgehead atoms. The second-order valence-electron chi connectivity index (χ2n) is 3.30. The number of anilines is 1. The second-order valence-corrected chi connectivity index (χ2v) is 4.15. The Kier molecular flexibility index (Phi) is 4.91. The first-order valence-corrected chi connectivity index (χ1v) is 5.86. The van der Waals surface area contributed by atoms with E-state index in [9.17, 15) is 4.79 Å². The molecule has 1 rings (SSSR count). The second kappa shape index (κ2) is 6.22. The minimum absolute atomic E-state index is 0.209. The summed E-state index contributed by atoms with van der Waals surface area (Å²) in [6.07, 6.45) is 0.209. The van der Waals surface area contributed by atoms with E-state index in [0.29, 0.717) is 17.4 Å². The molecular weight excluding hydrogens is 226 g/mol. The van der Waals surface area contributed by atoms with Gasteiger partial charge in [0.2, 0.25) is 5.13 Å². The van der Waals surface area contributed by atoms with E-state index in [-0.39, 0.29) is 12.4 Å². The zero-order valence-corrected chi connectivity index (χ0v) is 10.4. The molecule has 0 aliphatic carbocycles. The van der Waals surface area contributed by atoms with Crippen molar-refractivity contribution in [1.29, 1.82) is 0 Å². The Morgan fingerprint density at radius 1 is 1.62 bits per heavy atom. The number of hydrogen-bond donors (Lipinski definition) is 1. The van der Waals surface area contributed by atoms with Crippen LogP contribution < -0.4 is 5.43 Å². The van der Waals surface area contributed by atoms with Gasteiger partial charge in [0, 0.05) is 11.1 Å². The lowest BCUT2D eigenvalue weighted by Gasteiger charge is -1.98. The molecule has 1 aromatic rings. The molecule has 1 aromatic heterocycles. The molecule has 1 heterocycles. The van der Waals surface area contributed by atoms with Gasteiger partial charge in [-0.1, -0.05) is 0 Å². The molecule has 0 atom stereocenters. The number of hydrazone groups is 1. The fourth-order valence-corrected chi connectivity index (χ4v) is 1.61. The van der Waals surface area contributed by atoms with Crippen molar-refractivity contribution in [1.82, 2.24) is 4.98 Å². The molecule has 0 fully saturated rings. The van der Waals surface area contributed by atoms with E-state index in [2.05, 4.69) is 15.5 Å². The zero-order valence-electron chi connectivity index (χ0n) is 9.61. The average molecular weight is 241 g/mol. The van der Waals surface area contributed by atoms with Crippen LogP contribution in [0.4, 0.5) is 5.13 Å². The fraction of sp³-hybridized carbons (Fsp3) is 0.500. The molecular formula is C10H15N3O2S. The summed E-state index contributed by atoms with van der Waals surface area (Å²) >= 11 is 1.41.